The average molecular weight is 258 g/mol. The summed E-state index contributed by atoms with van der Waals surface area (Å²) in [5, 5.41) is 18.6. The lowest BCUT2D eigenvalue weighted by atomic mass is 9.95. The topological polar surface area (TPSA) is 81.1 Å². The zero-order chi connectivity index (χ0) is 13.8. The minimum absolute atomic E-state index is 0.0518. The number of urea groups is 1. The molecule has 0 spiro atoms. The van der Waals surface area contributed by atoms with Gasteiger partial charge in [-0.15, -0.1) is 0 Å². The third-order valence-electron chi connectivity index (χ3n) is 3.19. The molecule has 104 valence electrons. The molecule has 0 saturated carbocycles. The number of likely N-dealkylation sites (tertiary alicyclic amines) is 1. The van der Waals surface area contributed by atoms with Gasteiger partial charge in [0.25, 0.3) is 0 Å². The zero-order valence-electron chi connectivity index (χ0n) is 11.1. The molecule has 0 aliphatic carbocycles. The van der Waals surface area contributed by atoms with E-state index in [4.69, 9.17) is 5.11 Å². The quantitative estimate of drug-likeness (QED) is 0.779. The molecule has 0 radical (unpaired) electrons. The smallest absolute Gasteiger partial charge is 0.320 e. The maximum Gasteiger partial charge on any atom is 0.320 e. The highest BCUT2D eigenvalue weighted by Gasteiger charge is 2.32. The van der Waals surface area contributed by atoms with Crippen LogP contribution in [0.1, 0.15) is 33.1 Å². The molecule has 0 bridgehead atoms. The van der Waals surface area contributed by atoms with E-state index in [2.05, 4.69) is 0 Å². The van der Waals surface area contributed by atoms with Crippen LogP contribution < -0.4 is 0 Å². The van der Waals surface area contributed by atoms with Crippen molar-refractivity contribution in [3.63, 3.8) is 0 Å². The highest BCUT2D eigenvalue weighted by Crippen LogP contribution is 2.21. The fourth-order valence-corrected chi connectivity index (χ4v) is 2.20. The van der Waals surface area contributed by atoms with Gasteiger partial charge in [0, 0.05) is 19.6 Å². The normalized spacial score (nSPS) is 23.8. The van der Waals surface area contributed by atoms with Crippen LogP contribution in [0.3, 0.4) is 0 Å². The Morgan fingerprint density at radius 1 is 1.44 bits per heavy atom. The van der Waals surface area contributed by atoms with E-state index in [1.807, 2.05) is 6.92 Å². The van der Waals surface area contributed by atoms with Gasteiger partial charge in [0.05, 0.1) is 18.6 Å². The van der Waals surface area contributed by atoms with E-state index < -0.39 is 11.6 Å². The molecule has 1 aliphatic rings. The molecule has 6 heteroatoms. The van der Waals surface area contributed by atoms with Gasteiger partial charge in [0.2, 0.25) is 0 Å². The lowest BCUT2D eigenvalue weighted by Gasteiger charge is -2.39. The number of β-amino-alcohol motifs (C(OH)–C–C–N with tert-alkyl or cyclic N) is 1. The van der Waals surface area contributed by atoms with E-state index in [1.54, 1.807) is 11.8 Å². The van der Waals surface area contributed by atoms with Crippen LogP contribution in [0.2, 0.25) is 0 Å². The minimum Gasteiger partial charge on any atom is -0.481 e. The zero-order valence-corrected chi connectivity index (χ0v) is 11.1. The highest BCUT2D eigenvalue weighted by atomic mass is 16.4. The standard InChI is InChI=1S/C12H22N2O4/c1-3-13(8-5-10(15)16)11(17)14-7-4-6-12(2,18)9-14/h18H,3-9H2,1-2H3,(H,15,16). The molecule has 1 fully saturated rings. The summed E-state index contributed by atoms with van der Waals surface area (Å²) in [4.78, 5) is 25.8. The van der Waals surface area contributed by atoms with E-state index in [9.17, 15) is 14.7 Å². The number of rotatable bonds is 4. The number of amides is 2. The second-order valence-electron chi connectivity index (χ2n) is 5.03. The van der Waals surface area contributed by atoms with Crippen LogP contribution >= 0.6 is 0 Å². The number of carbonyl (C=O) groups excluding carboxylic acids is 1. The Labute approximate surface area is 107 Å². The molecule has 0 aromatic carbocycles. The van der Waals surface area contributed by atoms with Crippen molar-refractivity contribution in [2.75, 3.05) is 26.2 Å². The number of carboxylic acid groups (broad SMARTS) is 1. The van der Waals surface area contributed by atoms with Crippen LogP contribution in [0.5, 0.6) is 0 Å². The van der Waals surface area contributed by atoms with Crippen molar-refractivity contribution >= 4 is 12.0 Å². The van der Waals surface area contributed by atoms with Gasteiger partial charge in [-0.1, -0.05) is 0 Å². The SMILES string of the molecule is CCN(CCC(=O)O)C(=O)N1CCCC(C)(O)C1. The molecular weight excluding hydrogens is 236 g/mol. The van der Waals surface area contributed by atoms with E-state index in [0.717, 1.165) is 6.42 Å². The summed E-state index contributed by atoms with van der Waals surface area (Å²) < 4.78 is 0. The Hall–Kier alpha value is -1.30. The van der Waals surface area contributed by atoms with Gasteiger partial charge >= 0.3 is 12.0 Å². The predicted molar refractivity (Wildman–Crippen MR) is 66.3 cm³/mol. The average Bonchev–Trinajstić information content (AvgIpc) is 2.27. The molecular formula is C12H22N2O4. The Bertz CT molecular complexity index is 317. The molecule has 1 saturated heterocycles. The summed E-state index contributed by atoms with van der Waals surface area (Å²) in [7, 11) is 0. The second kappa shape index (κ2) is 6.04. The monoisotopic (exact) mass is 258 g/mol. The molecule has 1 unspecified atom stereocenters. The van der Waals surface area contributed by atoms with E-state index in [-0.39, 0.29) is 19.0 Å². The number of aliphatic hydroxyl groups is 1. The van der Waals surface area contributed by atoms with Crippen molar-refractivity contribution in [2.45, 2.75) is 38.7 Å². The maximum absolute atomic E-state index is 12.2. The van der Waals surface area contributed by atoms with Crippen LogP contribution in [0.25, 0.3) is 0 Å². The number of piperidine rings is 1. The number of carboxylic acids is 1. The Morgan fingerprint density at radius 3 is 2.61 bits per heavy atom. The van der Waals surface area contributed by atoms with Crippen LogP contribution in [-0.4, -0.2) is 63.8 Å². The van der Waals surface area contributed by atoms with Crippen molar-refractivity contribution in [3.05, 3.63) is 0 Å². The molecule has 1 aliphatic heterocycles. The first-order valence-electron chi connectivity index (χ1n) is 6.34. The summed E-state index contributed by atoms with van der Waals surface area (Å²) in [5.74, 6) is -0.910. The molecule has 1 rings (SSSR count). The van der Waals surface area contributed by atoms with Crippen molar-refractivity contribution in [1.82, 2.24) is 9.80 Å². The maximum atomic E-state index is 12.2. The summed E-state index contributed by atoms with van der Waals surface area (Å²) in [6.45, 7) is 5.17. The predicted octanol–water partition coefficient (Wildman–Crippen LogP) is 0.750. The van der Waals surface area contributed by atoms with Crippen molar-refractivity contribution in [1.29, 1.82) is 0 Å². The second-order valence-corrected chi connectivity index (χ2v) is 5.03. The van der Waals surface area contributed by atoms with Crippen LogP contribution in [0.15, 0.2) is 0 Å². The van der Waals surface area contributed by atoms with Gasteiger partial charge < -0.3 is 20.0 Å². The molecule has 1 heterocycles. The van der Waals surface area contributed by atoms with Gasteiger partial charge in [-0.2, -0.15) is 0 Å². The van der Waals surface area contributed by atoms with Crippen molar-refractivity contribution in [2.24, 2.45) is 0 Å². The van der Waals surface area contributed by atoms with E-state index >= 15 is 0 Å². The van der Waals surface area contributed by atoms with E-state index in [0.29, 0.717) is 26.1 Å². The molecule has 0 aromatic rings. The molecule has 18 heavy (non-hydrogen) atoms. The van der Waals surface area contributed by atoms with Gasteiger partial charge in [0.1, 0.15) is 0 Å². The van der Waals surface area contributed by atoms with Crippen molar-refractivity contribution < 1.29 is 19.8 Å². The fourth-order valence-electron chi connectivity index (χ4n) is 2.20. The number of nitrogens with zero attached hydrogens (tertiary/aromatic N) is 2. The fraction of sp³-hybridized carbons (Fsp3) is 0.833. The summed E-state index contributed by atoms with van der Waals surface area (Å²) in [5.41, 5.74) is -0.833. The third kappa shape index (κ3) is 4.18. The highest BCUT2D eigenvalue weighted by molar-refractivity contribution is 5.75. The Morgan fingerprint density at radius 2 is 2.11 bits per heavy atom. The summed E-state index contributed by atoms with van der Waals surface area (Å²) in [6.07, 6.45) is 1.41. The first-order valence-corrected chi connectivity index (χ1v) is 6.34. The third-order valence-corrected chi connectivity index (χ3v) is 3.19. The Kier molecular flexibility index (Phi) is 4.95. The lowest BCUT2D eigenvalue weighted by molar-refractivity contribution is -0.137. The first-order chi connectivity index (χ1) is 8.35. The molecule has 0 aromatic heterocycles. The Balaban J connectivity index is 2.57. The summed E-state index contributed by atoms with van der Waals surface area (Å²) in [6, 6.07) is -0.182. The lowest BCUT2D eigenvalue weighted by Crippen LogP contribution is -2.53. The molecule has 6 nitrogen and oxygen atoms in total. The van der Waals surface area contributed by atoms with Gasteiger partial charge in [-0.05, 0) is 26.7 Å². The molecule has 2 amide bonds. The van der Waals surface area contributed by atoms with Crippen molar-refractivity contribution in [3.8, 4) is 0 Å². The number of aliphatic carboxylic acids is 1. The number of hydrogen-bond donors (Lipinski definition) is 2. The largest absolute Gasteiger partial charge is 0.481 e. The number of hydrogen-bond acceptors (Lipinski definition) is 3. The summed E-state index contributed by atoms with van der Waals surface area (Å²) >= 11 is 0. The molecule has 1 atom stereocenters. The van der Waals surface area contributed by atoms with Gasteiger partial charge in [-0.25, -0.2) is 4.79 Å². The van der Waals surface area contributed by atoms with Gasteiger partial charge in [-0.3, -0.25) is 4.79 Å². The van der Waals surface area contributed by atoms with Gasteiger partial charge in [0.15, 0.2) is 0 Å². The van der Waals surface area contributed by atoms with Crippen LogP contribution in [0, 0.1) is 0 Å². The van der Waals surface area contributed by atoms with Crippen LogP contribution in [0.4, 0.5) is 4.79 Å². The first kappa shape index (κ1) is 14.8. The number of carbonyl (C=O) groups is 2. The molecule has 2 N–H and O–H groups in total. The minimum atomic E-state index is -0.910. The van der Waals surface area contributed by atoms with E-state index in [1.165, 1.54) is 4.90 Å². The van der Waals surface area contributed by atoms with Crippen LogP contribution in [-0.2, 0) is 4.79 Å².